The van der Waals surface area contributed by atoms with Crippen LogP contribution in [0.25, 0.3) is 21.8 Å². The molecular weight excluding hydrogens is 441 g/mol. The van der Waals surface area contributed by atoms with Gasteiger partial charge in [0.15, 0.2) is 0 Å². The fourth-order valence-electron chi connectivity index (χ4n) is 3.01. The van der Waals surface area contributed by atoms with Gasteiger partial charge in [-0.3, -0.25) is 0 Å². The molecule has 0 N–H and O–H groups in total. The van der Waals surface area contributed by atoms with E-state index in [0.717, 1.165) is 28.7 Å². The number of fused-ring (bicyclic) bond motifs is 2. The second-order valence-corrected chi connectivity index (χ2v) is 6.96. The maximum atomic E-state index is 12.6. The highest BCUT2D eigenvalue weighted by atomic mass is 19.4. The predicted octanol–water partition coefficient (Wildman–Crippen LogP) is 7.77. The van der Waals surface area contributed by atoms with Crippen molar-refractivity contribution in [3.63, 3.8) is 0 Å². The summed E-state index contributed by atoms with van der Waals surface area (Å²) in [4.78, 5) is 16.4. The lowest BCUT2D eigenvalue weighted by molar-refractivity contribution is -0.137. The molecule has 0 fully saturated rings. The SMILES string of the molecule is CC.CC.CC(C)c1ncnc2ccc(C(F)(F)F)cc12.COc1nc(C)c2ccccc2n1. The van der Waals surface area contributed by atoms with E-state index in [0.29, 0.717) is 22.6 Å². The molecule has 0 saturated heterocycles. The molecule has 0 spiro atoms. The number of alkyl halides is 3. The fraction of sp³-hybridized carbons (Fsp3) is 0.385. The zero-order valence-electron chi connectivity index (χ0n) is 21.0. The van der Waals surface area contributed by atoms with Crippen molar-refractivity contribution in [2.45, 2.75) is 60.6 Å². The molecule has 4 rings (SSSR count). The molecule has 2 aromatic heterocycles. The molecule has 0 aliphatic heterocycles. The molecule has 0 radical (unpaired) electrons. The van der Waals surface area contributed by atoms with E-state index in [1.807, 2.05) is 72.7 Å². The summed E-state index contributed by atoms with van der Waals surface area (Å²) in [5.41, 5.74) is 2.38. The Hall–Kier alpha value is -3.29. The van der Waals surface area contributed by atoms with Gasteiger partial charge in [0.1, 0.15) is 6.33 Å². The lowest BCUT2D eigenvalue weighted by Gasteiger charge is -2.11. The number of halogens is 3. The number of aromatic nitrogens is 4. The van der Waals surface area contributed by atoms with Gasteiger partial charge in [0.05, 0.1) is 35.1 Å². The van der Waals surface area contributed by atoms with Crippen molar-refractivity contribution >= 4 is 21.8 Å². The molecule has 0 bridgehead atoms. The Morgan fingerprint density at radius 3 is 2.06 bits per heavy atom. The molecule has 0 aliphatic carbocycles. The van der Waals surface area contributed by atoms with Gasteiger partial charge in [-0.2, -0.15) is 23.1 Å². The number of benzene rings is 2. The summed E-state index contributed by atoms with van der Waals surface area (Å²) < 4.78 is 42.8. The Morgan fingerprint density at radius 2 is 1.47 bits per heavy atom. The van der Waals surface area contributed by atoms with Crippen LogP contribution in [-0.2, 0) is 6.18 Å². The fourth-order valence-corrected chi connectivity index (χ4v) is 3.01. The number of hydrogen-bond donors (Lipinski definition) is 0. The minimum Gasteiger partial charge on any atom is -0.467 e. The molecule has 0 aliphatic rings. The summed E-state index contributed by atoms with van der Waals surface area (Å²) >= 11 is 0. The zero-order valence-corrected chi connectivity index (χ0v) is 21.0. The number of aryl methyl sites for hydroxylation is 1. The van der Waals surface area contributed by atoms with Crippen molar-refractivity contribution in [1.29, 1.82) is 0 Å². The van der Waals surface area contributed by atoms with Crippen LogP contribution in [0.4, 0.5) is 13.2 Å². The van der Waals surface area contributed by atoms with E-state index >= 15 is 0 Å². The van der Waals surface area contributed by atoms with Crippen LogP contribution in [0.1, 0.15) is 64.4 Å². The third-order valence-corrected chi connectivity index (χ3v) is 4.50. The van der Waals surface area contributed by atoms with E-state index in [4.69, 9.17) is 4.74 Å². The maximum Gasteiger partial charge on any atom is 0.416 e. The van der Waals surface area contributed by atoms with E-state index in [1.54, 1.807) is 7.11 Å². The van der Waals surface area contributed by atoms with Crippen molar-refractivity contribution < 1.29 is 17.9 Å². The van der Waals surface area contributed by atoms with E-state index in [1.165, 1.54) is 12.4 Å². The quantitative estimate of drug-likeness (QED) is 0.297. The summed E-state index contributed by atoms with van der Waals surface area (Å²) in [5, 5.41) is 1.54. The number of ether oxygens (including phenoxy) is 1. The Balaban J connectivity index is 0.000000304. The Kier molecular flexibility index (Phi) is 11.3. The summed E-state index contributed by atoms with van der Waals surface area (Å²) in [5.74, 6) is 0.0592. The van der Waals surface area contributed by atoms with E-state index in [2.05, 4.69) is 19.9 Å². The number of rotatable bonds is 2. The smallest absolute Gasteiger partial charge is 0.416 e. The van der Waals surface area contributed by atoms with Gasteiger partial charge in [0.2, 0.25) is 0 Å². The van der Waals surface area contributed by atoms with Gasteiger partial charge in [0.25, 0.3) is 0 Å². The standard InChI is InChI=1S/C12H11F3N2.C10H10N2O.2C2H6/c1-7(2)11-9-5-8(12(13,14)15)3-4-10(9)16-6-17-11;1-7-8-5-3-4-6-9(8)12-10(11-7)13-2;2*1-2/h3-7H,1-2H3;3-6H,1-2H3;2*1-2H3. The summed E-state index contributed by atoms with van der Waals surface area (Å²) in [6.07, 6.45) is -2.96. The third-order valence-electron chi connectivity index (χ3n) is 4.50. The number of para-hydroxylation sites is 1. The highest BCUT2D eigenvalue weighted by Gasteiger charge is 2.30. The van der Waals surface area contributed by atoms with E-state index in [-0.39, 0.29) is 5.92 Å². The molecule has 0 saturated carbocycles. The van der Waals surface area contributed by atoms with Gasteiger partial charge in [-0.1, -0.05) is 59.7 Å². The van der Waals surface area contributed by atoms with Crippen molar-refractivity contribution in [2.24, 2.45) is 0 Å². The Labute approximate surface area is 199 Å². The molecule has 184 valence electrons. The monoisotopic (exact) mass is 474 g/mol. The van der Waals surface area contributed by atoms with Crippen molar-refractivity contribution in [3.05, 3.63) is 65.7 Å². The molecule has 8 heteroatoms. The summed E-state index contributed by atoms with van der Waals surface area (Å²) in [6.45, 7) is 13.7. The van der Waals surface area contributed by atoms with Crippen LogP contribution in [0.15, 0.2) is 48.8 Å². The van der Waals surface area contributed by atoms with Crippen LogP contribution in [0.3, 0.4) is 0 Å². The van der Waals surface area contributed by atoms with Crippen LogP contribution in [0.2, 0.25) is 0 Å². The van der Waals surface area contributed by atoms with Gasteiger partial charge in [0, 0.05) is 10.8 Å². The Bertz CT molecular complexity index is 1180. The van der Waals surface area contributed by atoms with Crippen molar-refractivity contribution in [2.75, 3.05) is 7.11 Å². The highest BCUT2D eigenvalue weighted by molar-refractivity contribution is 5.82. The van der Waals surface area contributed by atoms with E-state index in [9.17, 15) is 13.2 Å². The lowest BCUT2D eigenvalue weighted by Crippen LogP contribution is -2.05. The minimum atomic E-state index is -4.34. The van der Waals surface area contributed by atoms with Crippen molar-refractivity contribution in [1.82, 2.24) is 19.9 Å². The average molecular weight is 475 g/mol. The van der Waals surface area contributed by atoms with Crippen LogP contribution in [-0.4, -0.2) is 27.0 Å². The number of nitrogens with zero attached hydrogens (tertiary/aromatic N) is 4. The number of hydrogen-bond acceptors (Lipinski definition) is 5. The van der Waals surface area contributed by atoms with E-state index < -0.39 is 11.7 Å². The molecule has 5 nitrogen and oxygen atoms in total. The molecule has 0 unspecified atom stereocenters. The van der Waals surface area contributed by atoms with Crippen LogP contribution in [0.5, 0.6) is 6.01 Å². The van der Waals surface area contributed by atoms with Crippen LogP contribution in [0, 0.1) is 6.92 Å². The molecule has 4 aromatic rings. The second-order valence-electron chi connectivity index (χ2n) is 6.96. The third kappa shape index (κ3) is 7.37. The highest BCUT2D eigenvalue weighted by Crippen LogP contribution is 2.32. The van der Waals surface area contributed by atoms with Gasteiger partial charge in [-0.05, 0) is 37.1 Å². The first-order chi connectivity index (χ1) is 16.2. The molecule has 2 aromatic carbocycles. The first-order valence-electron chi connectivity index (χ1n) is 11.3. The van der Waals surface area contributed by atoms with Gasteiger partial charge >= 0.3 is 12.2 Å². The molecule has 0 atom stereocenters. The predicted molar refractivity (Wildman–Crippen MR) is 132 cm³/mol. The second kappa shape index (κ2) is 13.4. The summed E-state index contributed by atoms with van der Waals surface area (Å²) in [7, 11) is 1.57. The first-order valence-corrected chi connectivity index (χ1v) is 11.3. The molecule has 2 heterocycles. The van der Waals surface area contributed by atoms with Gasteiger partial charge in [-0.25, -0.2) is 9.97 Å². The largest absolute Gasteiger partial charge is 0.467 e. The minimum absolute atomic E-state index is 0.0592. The average Bonchev–Trinajstić information content (AvgIpc) is 2.85. The van der Waals surface area contributed by atoms with Crippen LogP contribution >= 0.6 is 0 Å². The first kappa shape index (κ1) is 28.7. The Morgan fingerprint density at radius 1 is 0.824 bits per heavy atom. The number of methoxy groups -OCH3 is 1. The topological polar surface area (TPSA) is 60.8 Å². The molecular formula is C26H33F3N4O. The maximum absolute atomic E-state index is 12.6. The molecule has 34 heavy (non-hydrogen) atoms. The van der Waals surface area contributed by atoms with Crippen LogP contribution < -0.4 is 4.74 Å². The van der Waals surface area contributed by atoms with Crippen molar-refractivity contribution in [3.8, 4) is 6.01 Å². The lowest BCUT2D eigenvalue weighted by atomic mass is 10.0. The summed E-state index contributed by atoms with van der Waals surface area (Å²) in [6, 6.07) is 11.8. The normalized spacial score (nSPS) is 10.5. The molecule has 0 amide bonds. The van der Waals surface area contributed by atoms with Gasteiger partial charge < -0.3 is 4.74 Å². The van der Waals surface area contributed by atoms with Gasteiger partial charge in [-0.15, -0.1) is 0 Å². The zero-order chi connectivity index (χ0) is 25.9.